The molecule has 0 atom stereocenters. The number of esters is 1. The molecule has 0 unspecified atom stereocenters. The van der Waals surface area contributed by atoms with Gasteiger partial charge in [0.25, 0.3) is 11.8 Å². The second-order valence-corrected chi connectivity index (χ2v) is 6.77. The van der Waals surface area contributed by atoms with Crippen molar-refractivity contribution in [3.05, 3.63) is 35.4 Å². The van der Waals surface area contributed by atoms with Gasteiger partial charge in [-0.2, -0.15) is 0 Å². The van der Waals surface area contributed by atoms with Crippen LogP contribution in [0.3, 0.4) is 0 Å². The highest BCUT2D eigenvalue weighted by Crippen LogP contribution is 2.16. The van der Waals surface area contributed by atoms with Crippen LogP contribution in [0, 0.1) is 6.92 Å². The summed E-state index contributed by atoms with van der Waals surface area (Å²) in [6.07, 6.45) is 7.89. The third kappa shape index (κ3) is 6.86. The van der Waals surface area contributed by atoms with Crippen LogP contribution in [0.15, 0.2) is 24.3 Å². The number of nitrogens with one attached hydrogen (secondary N) is 2. The number of hydrogen-bond donors (Lipinski definition) is 2. The smallest absolute Gasteiger partial charge is 0.325 e. The summed E-state index contributed by atoms with van der Waals surface area (Å²) in [6, 6.07) is 7.29. The lowest BCUT2D eigenvalue weighted by Gasteiger charge is -2.20. The van der Waals surface area contributed by atoms with Crippen LogP contribution in [0.1, 0.15) is 60.9 Å². The van der Waals surface area contributed by atoms with E-state index in [0.29, 0.717) is 5.56 Å². The maximum atomic E-state index is 12.0. The Labute approximate surface area is 154 Å². The molecule has 0 saturated heterocycles. The van der Waals surface area contributed by atoms with Crippen molar-refractivity contribution < 1.29 is 19.1 Å². The predicted molar refractivity (Wildman–Crippen MR) is 98.7 cm³/mol. The summed E-state index contributed by atoms with van der Waals surface area (Å²) < 4.78 is 4.95. The second-order valence-electron chi connectivity index (χ2n) is 6.77. The molecule has 1 aromatic rings. The van der Waals surface area contributed by atoms with Crippen molar-refractivity contribution >= 4 is 17.8 Å². The number of carbonyl (C=O) groups excluding carboxylic acids is 3. The molecule has 0 radical (unpaired) electrons. The van der Waals surface area contributed by atoms with E-state index in [9.17, 15) is 14.4 Å². The minimum absolute atomic E-state index is 0.169. The lowest BCUT2D eigenvalue weighted by molar-refractivity contribution is -0.147. The van der Waals surface area contributed by atoms with Gasteiger partial charge in [0.05, 0.1) is 0 Å². The lowest BCUT2D eigenvalue weighted by atomic mass is 9.97. The SMILES string of the molecule is Cc1ccccc1C(=O)NCC(=O)OCC(=O)NC1CCCCCCC1. The van der Waals surface area contributed by atoms with Crippen molar-refractivity contribution in [3.8, 4) is 0 Å². The summed E-state index contributed by atoms with van der Waals surface area (Å²) in [5.41, 5.74) is 1.35. The summed E-state index contributed by atoms with van der Waals surface area (Å²) in [4.78, 5) is 35.7. The van der Waals surface area contributed by atoms with Crippen molar-refractivity contribution in [1.82, 2.24) is 10.6 Å². The van der Waals surface area contributed by atoms with Gasteiger partial charge < -0.3 is 15.4 Å². The van der Waals surface area contributed by atoms with E-state index in [0.717, 1.165) is 31.2 Å². The number of carbonyl (C=O) groups is 3. The second kappa shape index (κ2) is 10.6. The highest BCUT2D eigenvalue weighted by molar-refractivity contribution is 5.97. The normalized spacial score (nSPS) is 15.4. The van der Waals surface area contributed by atoms with E-state index in [1.165, 1.54) is 19.3 Å². The largest absolute Gasteiger partial charge is 0.454 e. The minimum Gasteiger partial charge on any atom is -0.454 e. The fourth-order valence-corrected chi connectivity index (χ4v) is 3.14. The van der Waals surface area contributed by atoms with E-state index in [2.05, 4.69) is 10.6 Å². The summed E-state index contributed by atoms with van der Waals surface area (Å²) in [5.74, 6) is -1.24. The van der Waals surface area contributed by atoms with Crippen molar-refractivity contribution in [3.63, 3.8) is 0 Å². The molecule has 1 fully saturated rings. The first-order valence-electron chi connectivity index (χ1n) is 9.35. The van der Waals surface area contributed by atoms with E-state index in [1.54, 1.807) is 12.1 Å². The van der Waals surface area contributed by atoms with Gasteiger partial charge in [0, 0.05) is 11.6 Å². The summed E-state index contributed by atoms with van der Waals surface area (Å²) >= 11 is 0. The van der Waals surface area contributed by atoms with Gasteiger partial charge in [-0.3, -0.25) is 14.4 Å². The van der Waals surface area contributed by atoms with Crippen LogP contribution in [0.25, 0.3) is 0 Å². The van der Waals surface area contributed by atoms with Crippen LogP contribution < -0.4 is 10.6 Å². The quantitative estimate of drug-likeness (QED) is 0.764. The molecular formula is C20H28N2O4. The third-order valence-electron chi connectivity index (χ3n) is 4.62. The molecule has 142 valence electrons. The number of aryl methyl sites for hydroxylation is 1. The maximum absolute atomic E-state index is 12.0. The Hall–Kier alpha value is -2.37. The van der Waals surface area contributed by atoms with E-state index < -0.39 is 5.97 Å². The molecule has 2 N–H and O–H groups in total. The first-order chi connectivity index (χ1) is 12.6. The maximum Gasteiger partial charge on any atom is 0.325 e. The van der Waals surface area contributed by atoms with Gasteiger partial charge in [0.2, 0.25) is 0 Å². The summed E-state index contributed by atoms with van der Waals surface area (Å²) in [6.45, 7) is 1.26. The highest BCUT2D eigenvalue weighted by Gasteiger charge is 2.16. The van der Waals surface area contributed by atoms with E-state index in [4.69, 9.17) is 4.74 Å². The first-order valence-corrected chi connectivity index (χ1v) is 9.35. The Morgan fingerprint density at radius 2 is 1.69 bits per heavy atom. The van der Waals surface area contributed by atoms with E-state index in [1.807, 2.05) is 19.1 Å². The molecule has 0 aliphatic heterocycles. The van der Waals surface area contributed by atoms with Crippen LogP contribution in [0.4, 0.5) is 0 Å². The molecule has 0 bridgehead atoms. The Balaban J connectivity index is 1.67. The highest BCUT2D eigenvalue weighted by atomic mass is 16.5. The van der Waals surface area contributed by atoms with Crippen molar-refractivity contribution in [2.24, 2.45) is 0 Å². The zero-order valence-electron chi connectivity index (χ0n) is 15.4. The third-order valence-corrected chi connectivity index (χ3v) is 4.62. The molecule has 1 aliphatic rings. The van der Waals surface area contributed by atoms with Crippen molar-refractivity contribution in [1.29, 1.82) is 0 Å². The number of benzene rings is 1. The molecule has 0 aromatic heterocycles. The predicted octanol–water partition coefficient (Wildman–Crippen LogP) is 2.50. The van der Waals surface area contributed by atoms with Crippen molar-refractivity contribution in [2.45, 2.75) is 57.9 Å². The lowest BCUT2D eigenvalue weighted by Crippen LogP contribution is -2.39. The summed E-state index contributed by atoms with van der Waals surface area (Å²) in [7, 11) is 0. The van der Waals surface area contributed by atoms with Crippen LogP contribution >= 0.6 is 0 Å². The van der Waals surface area contributed by atoms with Gasteiger partial charge in [-0.25, -0.2) is 0 Å². The fourth-order valence-electron chi connectivity index (χ4n) is 3.14. The topological polar surface area (TPSA) is 84.5 Å². The number of hydrogen-bond acceptors (Lipinski definition) is 4. The molecule has 1 aliphatic carbocycles. The van der Waals surface area contributed by atoms with Crippen molar-refractivity contribution in [2.75, 3.05) is 13.2 Å². The Kier molecular flexibility index (Phi) is 8.12. The first kappa shape index (κ1) is 19.9. The van der Waals surface area contributed by atoms with Crippen LogP contribution in [-0.4, -0.2) is 37.0 Å². The standard InChI is InChI=1S/C20H28N2O4/c1-15-9-7-8-12-17(15)20(25)21-13-19(24)26-14-18(23)22-16-10-5-3-2-4-6-11-16/h7-9,12,16H,2-6,10-11,13-14H2,1H3,(H,21,25)(H,22,23). The molecule has 2 amide bonds. The molecule has 1 saturated carbocycles. The Bertz CT molecular complexity index is 622. The zero-order chi connectivity index (χ0) is 18.8. The van der Waals surface area contributed by atoms with Crippen LogP contribution in [-0.2, 0) is 14.3 Å². The molecule has 0 heterocycles. The molecule has 1 aromatic carbocycles. The molecule has 6 heteroatoms. The number of amides is 2. The molecule has 2 rings (SSSR count). The molecule has 6 nitrogen and oxygen atoms in total. The zero-order valence-corrected chi connectivity index (χ0v) is 15.4. The van der Waals surface area contributed by atoms with Crippen LogP contribution in [0.5, 0.6) is 0 Å². The average Bonchev–Trinajstić information content (AvgIpc) is 2.60. The van der Waals surface area contributed by atoms with Gasteiger partial charge in [0.15, 0.2) is 6.61 Å². The molecular weight excluding hydrogens is 332 g/mol. The van der Waals surface area contributed by atoms with E-state index >= 15 is 0 Å². The fraction of sp³-hybridized carbons (Fsp3) is 0.550. The van der Waals surface area contributed by atoms with Gasteiger partial charge in [-0.05, 0) is 31.4 Å². The van der Waals surface area contributed by atoms with Crippen LogP contribution in [0.2, 0.25) is 0 Å². The molecule has 0 spiro atoms. The Morgan fingerprint density at radius 1 is 1.04 bits per heavy atom. The van der Waals surface area contributed by atoms with Gasteiger partial charge in [-0.15, -0.1) is 0 Å². The average molecular weight is 360 g/mol. The van der Waals surface area contributed by atoms with E-state index in [-0.39, 0.29) is 31.0 Å². The van der Waals surface area contributed by atoms with Gasteiger partial charge in [-0.1, -0.05) is 50.3 Å². The Morgan fingerprint density at radius 3 is 2.38 bits per heavy atom. The minimum atomic E-state index is -0.625. The summed E-state index contributed by atoms with van der Waals surface area (Å²) in [5, 5.41) is 5.45. The monoisotopic (exact) mass is 360 g/mol. The van der Waals surface area contributed by atoms with Gasteiger partial charge in [0.1, 0.15) is 6.54 Å². The van der Waals surface area contributed by atoms with Gasteiger partial charge >= 0.3 is 5.97 Å². The number of rotatable bonds is 6. The number of ether oxygens (including phenoxy) is 1. The molecule has 26 heavy (non-hydrogen) atoms.